The maximum atomic E-state index is 11.6. The Morgan fingerprint density at radius 2 is 2.06 bits per heavy atom. The topological polar surface area (TPSA) is 55.6 Å². The van der Waals surface area contributed by atoms with Crippen LogP contribution in [0.25, 0.3) is 0 Å². The van der Waals surface area contributed by atoms with Crippen molar-refractivity contribution in [3.63, 3.8) is 0 Å². The molecule has 0 radical (unpaired) electrons. The summed E-state index contributed by atoms with van der Waals surface area (Å²) in [7, 11) is 1.98. The van der Waals surface area contributed by atoms with Crippen LogP contribution in [0.1, 0.15) is 34.1 Å². The average Bonchev–Trinajstić information content (AvgIpc) is 2.16. The smallest absolute Gasteiger partial charge is 0.327 e. The van der Waals surface area contributed by atoms with Crippen LogP contribution in [0.5, 0.6) is 0 Å². The van der Waals surface area contributed by atoms with Crippen molar-refractivity contribution in [2.24, 2.45) is 11.7 Å². The van der Waals surface area contributed by atoms with Gasteiger partial charge in [0.1, 0.15) is 5.54 Å². The molecule has 4 nitrogen and oxygen atoms in total. The highest BCUT2D eigenvalue weighted by Crippen LogP contribution is 2.08. The molecule has 0 aliphatic heterocycles. The van der Waals surface area contributed by atoms with Crippen molar-refractivity contribution in [2.75, 3.05) is 26.7 Å². The van der Waals surface area contributed by atoms with Gasteiger partial charge in [0.15, 0.2) is 0 Å². The molecule has 0 rings (SSSR count). The van der Waals surface area contributed by atoms with Crippen LogP contribution in [-0.2, 0) is 9.53 Å². The maximum absolute atomic E-state index is 11.6. The van der Waals surface area contributed by atoms with E-state index in [1.165, 1.54) is 0 Å². The fourth-order valence-electron chi connectivity index (χ4n) is 1.65. The lowest BCUT2D eigenvalue weighted by Gasteiger charge is -2.29. The normalized spacial score (nSPS) is 16.9. The number of carbonyl (C=O) groups is 1. The third kappa shape index (κ3) is 5.47. The second-order valence-corrected chi connectivity index (χ2v) is 4.85. The van der Waals surface area contributed by atoms with Crippen LogP contribution in [0.4, 0.5) is 0 Å². The number of nitrogens with zero attached hydrogens (tertiary/aromatic N) is 1. The van der Waals surface area contributed by atoms with E-state index in [1.807, 2.05) is 7.05 Å². The van der Waals surface area contributed by atoms with E-state index in [1.54, 1.807) is 13.8 Å². The molecule has 16 heavy (non-hydrogen) atoms. The number of hydrogen-bond donors (Lipinski definition) is 1. The predicted molar refractivity (Wildman–Crippen MR) is 66.2 cm³/mol. The Kier molecular flexibility index (Phi) is 6.60. The molecule has 0 saturated carbocycles. The van der Waals surface area contributed by atoms with Crippen LogP contribution in [0.15, 0.2) is 0 Å². The van der Waals surface area contributed by atoms with Gasteiger partial charge in [-0.1, -0.05) is 20.3 Å². The van der Waals surface area contributed by atoms with Crippen molar-refractivity contribution in [1.29, 1.82) is 0 Å². The quantitative estimate of drug-likeness (QED) is 0.669. The first-order valence-corrected chi connectivity index (χ1v) is 5.98. The highest BCUT2D eigenvalue weighted by molar-refractivity contribution is 5.80. The largest absolute Gasteiger partial charge is 0.465 e. The summed E-state index contributed by atoms with van der Waals surface area (Å²) in [4.78, 5) is 13.7. The van der Waals surface area contributed by atoms with E-state index in [2.05, 4.69) is 18.7 Å². The van der Waals surface area contributed by atoms with Crippen molar-refractivity contribution in [3.05, 3.63) is 0 Å². The Bertz CT molecular complexity index is 217. The monoisotopic (exact) mass is 230 g/mol. The van der Waals surface area contributed by atoms with E-state index in [0.717, 1.165) is 13.0 Å². The lowest BCUT2D eigenvalue weighted by atomic mass is 10.0. The van der Waals surface area contributed by atoms with Crippen LogP contribution in [0.2, 0.25) is 0 Å². The Labute approximate surface area is 99.1 Å². The molecule has 2 N–H and O–H groups in total. The molecule has 0 fully saturated rings. The molecule has 0 aromatic rings. The average molecular weight is 230 g/mol. The van der Waals surface area contributed by atoms with Crippen LogP contribution >= 0.6 is 0 Å². The zero-order valence-corrected chi connectivity index (χ0v) is 11.2. The van der Waals surface area contributed by atoms with Crippen LogP contribution < -0.4 is 5.73 Å². The van der Waals surface area contributed by atoms with Crippen molar-refractivity contribution in [3.8, 4) is 0 Å². The van der Waals surface area contributed by atoms with Gasteiger partial charge in [-0.25, -0.2) is 0 Å². The summed E-state index contributed by atoms with van der Waals surface area (Å²) in [5.74, 6) is 0.286. The summed E-state index contributed by atoms with van der Waals surface area (Å²) in [5.41, 5.74) is 5.03. The molecular formula is C12H26N2O2. The summed E-state index contributed by atoms with van der Waals surface area (Å²) < 4.78 is 4.95. The molecule has 96 valence electrons. The highest BCUT2D eigenvalue weighted by atomic mass is 16.5. The molecular weight excluding hydrogens is 204 g/mol. The molecule has 0 heterocycles. The predicted octanol–water partition coefficient (Wildman–Crippen LogP) is 1.24. The Morgan fingerprint density at radius 3 is 2.50 bits per heavy atom. The summed E-state index contributed by atoms with van der Waals surface area (Å²) in [6, 6.07) is 0. The van der Waals surface area contributed by atoms with E-state index < -0.39 is 5.54 Å². The molecule has 2 unspecified atom stereocenters. The van der Waals surface area contributed by atoms with Gasteiger partial charge in [0.05, 0.1) is 6.61 Å². The van der Waals surface area contributed by atoms with E-state index in [9.17, 15) is 4.79 Å². The van der Waals surface area contributed by atoms with Gasteiger partial charge in [0.2, 0.25) is 0 Å². The van der Waals surface area contributed by atoms with Gasteiger partial charge in [-0.05, 0) is 26.8 Å². The van der Waals surface area contributed by atoms with Gasteiger partial charge in [-0.3, -0.25) is 4.79 Å². The number of carbonyl (C=O) groups excluding carboxylic acids is 1. The van der Waals surface area contributed by atoms with Crippen molar-refractivity contribution in [1.82, 2.24) is 4.90 Å². The molecule has 0 bridgehead atoms. The van der Waals surface area contributed by atoms with Crippen LogP contribution in [-0.4, -0.2) is 43.2 Å². The van der Waals surface area contributed by atoms with E-state index in [4.69, 9.17) is 10.5 Å². The second-order valence-electron chi connectivity index (χ2n) is 4.85. The molecule has 0 aromatic carbocycles. The van der Waals surface area contributed by atoms with Crippen LogP contribution in [0.3, 0.4) is 0 Å². The van der Waals surface area contributed by atoms with Gasteiger partial charge in [-0.2, -0.15) is 0 Å². The molecule has 0 aliphatic carbocycles. The first-order valence-electron chi connectivity index (χ1n) is 5.98. The molecule has 0 amide bonds. The molecule has 0 aromatic heterocycles. The van der Waals surface area contributed by atoms with E-state index in [0.29, 0.717) is 19.1 Å². The lowest BCUT2D eigenvalue weighted by Crippen LogP contribution is -2.54. The van der Waals surface area contributed by atoms with Gasteiger partial charge >= 0.3 is 5.97 Å². The standard InChI is InChI=1S/C12H26N2O2/c1-6-10(3)8-14(5)9-12(4,13)11(15)16-7-2/h10H,6-9,13H2,1-5H3. The minimum atomic E-state index is -0.918. The number of likely N-dealkylation sites (N-methyl/N-ethyl adjacent to an activating group) is 1. The fraction of sp³-hybridized carbons (Fsp3) is 0.917. The SMILES string of the molecule is CCOC(=O)C(C)(N)CN(C)CC(C)CC. The first kappa shape index (κ1) is 15.4. The first-order chi connectivity index (χ1) is 7.33. The zero-order valence-electron chi connectivity index (χ0n) is 11.2. The number of ether oxygens (including phenoxy) is 1. The molecule has 0 aliphatic rings. The fourth-order valence-corrected chi connectivity index (χ4v) is 1.65. The van der Waals surface area contributed by atoms with E-state index in [-0.39, 0.29) is 5.97 Å². The highest BCUT2D eigenvalue weighted by Gasteiger charge is 2.31. The van der Waals surface area contributed by atoms with Crippen molar-refractivity contribution in [2.45, 2.75) is 39.7 Å². The lowest BCUT2D eigenvalue weighted by molar-refractivity contribution is -0.149. The number of nitrogens with two attached hydrogens (primary N) is 1. The molecule has 4 heteroatoms. The molecule has 0 spiro atoms. The van der Waals surface area contributed by atoms with Crippen LogP contribution in [0, 0.1) is 5.92 Å². The molecule has 2 atom stereocenters. The van der Waals surface area contributed by atoms with Gasteiger partial charge in [-0.15, -0.1) is 0 Å². The Morgan fingerprint density at radius 1 is 1.50 bits per heavy atom. The maximum Gasteiger partial charge on any atom is 0.327 e. The van der Waals surface area contributed by atoms with Gasteiger partial charge in [0.25, 0.3) is 0 Å². The van der Waals surface area contributed by atoms with Crippen molar-refractivity contribution >= 4 is 5.97 Å². The summed E-state index contributed by atoms with van der Waals surface area (Å²) in [6.07, 6.45) is 1.13. The Balaban J connectivity index is 4.18. The van der Waals surface area contributed by atoms with E-state index >= 15 is 0 Å². The second kappa shape index (κ2) is 6.86. The third-order valence-corrected chi connectivity index (χ3v) is 2.66. The molecule has 0 saturated heterocycles. The minimum Gasteiger partial charge on any atom is -0.465 e. The number of hydrogen-bond acceptors (Lipinski definition) is 4. The minimum absolute atomic E-state index is 0.328. The van der Waals surface area contributed by atoms with Crippen molar-refractivity contribution < 1.29 is 9.53 Å². The van der Waals surface area contributed by atoms with Gasteiger partial charge < -0.3 is 15.4 Å². The zero-order chi connectivity index (χ0) is 12.8. The van der Waals surface area contributed by atoms with Gasteiger partial charge in [0, 0.05) is 13.1 Å². The third-order valence-electron chi connectivity index (χ3n) is 2.66. The number of rotatable bonds is 7. The Hall–Kier alpha value is -0.610. The summed E-state index contributed by atoms with van der Waals surface area (Å²) in [5, 5.41) is 0. The summed E-state index contributed by atoms with van der Waals surface area (Å²) in [6.45, 7) is 9.70. The summed E-state index contributed by atoms with van der Waals surface area (Å²) >= 11 is 0. The number of esters is 1.